The Balaban J connectivity index is 1.71. The van der Waals surface area contributed by atoms with Gasteiger partial charge in [-0.05, 0) is 31.6 Å². The Morgan fingerprint density at radius 1 is 1.02 bits per heavy atom. The lowest BCUT2D eigenvalue weighted by Gasteiger charge is -2.66. The van der Waals surface area contributed by atoms with Crippen LogP contribution in [0.15, 0.2) is 0 Å². The number of ether oxygens (including phenoxy) is 7. The van der Waals surface area contributed by atoms with Gasteiger partial charge in [-0.15, -0.1) is 0 Å². The van der Waals surface area contributed by atoms with Crippen LogP contribution in [-0.4, -0.2) is 91.2 Å². The first-order chi connectivity index (χ1) is 20.2. The number of rotatable bonds is 8. The van der Waals surface area contributed by atoms with Gasteiger partial charge in [0.1, 0.15) is 18.3 Å². The number of hydrogen-bond acceptors (Lipinski definition) is 12. The first kappa shape index (κ1) is 32.1. The highest BCUT2D eigenvalue weighted by atomic mass is 16.7. The van der Waals surface area contributed by atoms with Crippen molar-refractivity contribution in [2.45, 2.75) is 117 Å². The molecule has 2 aliphatic carbocycles. The van der Waals surface area contributed by atoms with E-state index in [9.17, 15) is 24.3 Å². The molecule has 0 bridgehead atoms. The number of epoxide rings is 1. The Morgan fingerprint density at radius 3 is 2.26 bits per heavy atom. The van der Waals surface area contributed by atoms with Crippen LogP contribution in [0.2, 0.25) is 0 Å². The van der Waals surface area contributed by atoms with Gasteiger partial charge in [0, 0.05) is 38.0 Å². The van der Waals surface area contributed by atoms with E-state index in [4.69, 9.17) is 33.2 Å². The van der Waals surface area contributed by atoms with Gasteiger partial charge in [-0.25, -0.2) is 0 Å². The van der Waals surface area contributed by atoms with Crippen molar-refractivity contribution in [2.75, 3.05) is 19.8 Å². The van der Waals surface area contributed by atoms with Gasteiger partial charge in [0.25, 0.3) is 0 Å². The summed E-state index contributed by atoms with van der Waals surface area (Å²) in [5.74, 6) is -3.67. The molecule has 12 heteroatoms. The molecule has 43 heavy (non-hydrogen) atoms. The highest BCUT2D eigenvalue weighted by Crippen LogP contribution is 2.71. The van der Waals surface area contributed by atoms with Crippen molar-refractivity contribution >= 4 is 23.9 Å². The summed E-state index contributed by atoms with van der Waals surface area (Å²) in [6.07, 6.45) is -3.29. The molecule has 0 radical (unpaired) electrons. The van der Waals surface area contributed by atoms with Crippen molar-refractivity contribution in [3.63, 3.8) is 0 Å². The average Bonchev–Trinajstić information content (AvgIpc) is 3.43. The Hall–Kier alpha value is -2.28. The first-order valence-corrected chi connectivity index (χ1v) is 15.5. The molecule has 2 unspecified atom stereocenters. The molecule has 13 atom stereocenters. The molecule has 242 valence electrons. The van der Waals surface area contributed by atoms with Crippen LogP contribution in [0.1, 0.15) is 74.1 Å². The van der Waals surface area contributed by atoms with Gasteiger partial charge in [0.2, 0.25) is 0 Å². The summed E-state index contributed by atoms with van der Waals surface area (Å²) in [4.78, 5) is 50.8. The van der Waals surface area contributed by atoms with Crippen LogP contribution in [0, 0.1) is 34.5 Å². The van der Waals surface area contributed by atoms with E-state index in [1.165, 1.54) is 20.8 Å². The number of aliphatic hydroxyl groups is 1. The maximum Gasteiger partial charge on any atom is 0.309 e. The van der Waals surface area contributed by atoms with Gasteiger partial charge in [-0.1, -0.05) is 27.7 Å². The van der Waals surface area contributed by atoms with Gasteiger partial charge >= 0.3 is 23.9 Å². The summed E-state index contributed by atoms with van der Waals surface area (Å²) in [6.45, 7) is 11.8. The van der Waals surface area contributed by atoms with E-state index in [2.05, 4.69) is 0 Å². The summed E-state index contributed by atoms with van der Waals surface area (Å²) in [6, 6.07) is 0. The number of fused-ring (bicyclic) bond motifs is 3. The largest absolute Gasteiger partial charge is 0.465 e. The number of hydrogen-bond donors (Lipinski definition) is 1. The molecule has 1 spiro atoms. The van der Waals surface area contributed by atoms with Crippen LogP contribution in [0.4, 0.5) is 0 Å². The quantitative estimate of drug-likeness (QED) is 0.243. The molecule has 0 amide bonds. The molecule has 12 nitrogen and oxygen atoms in total. The van der Waals surface area contributed by atoms with E-state index in [0.717, 1.165) is 6.42 Å². The molecule has 5 aliphatic rings. The smallest absolute Gasteiger partial charge is 0.309 e. The van der Waals surface area contributed by atoms with Crippen LogP contribution < -0.4 is 0 Å². The van der Waals surface area contributed by atoms with Crippen molar-refractivity contribution in [3.8, 4) is 0 Å². The second-order valence-electron chi connectivity index (χ2n) is 13.5. The number of aliphatic hydroxyl groups excluding tert-OH is 1. The summed E-state index contributed by atoms with van der Waals surface area (Å²) in [5.41, 5.74) is -3.61. The predicted molar refractivity (Wildman–Crippen MR) is 147 cm³/mol. The van der Waals surface area contributed by atoms with E-state index in [1.807, 2.05) is 20.8 Å². The zero-order valence-corrected chi connectivity index (χ0v) is 26.2. The van der Waals surface area contributed by atoms with Crippen LogP contribution >= 0.6 is 0 Å². The topological polar surface area (TPSA) is 156 Å². The fraction of sp³-hybridized carbons (Fsp3) is 0.871. The Labute approximate surface area is 252 Å². The van der Waals surface area contributed by atoms with Crippen LogP contribution in [-0.2, 0) is 52.3 Å². The molecule has 0 aromatic carbocycles. The maximum absolute atomic E-state index is 13.3. The minimum Gasteiger partial charge on any atom is -0.465 e. The summed E-state index contributed by atoms with van der Waals surface area (Å²) < 4.78 is 42.3. The van der Waals surface area contributed by atoms with Gasteiger partial charge < -0.3 is 38.3 Å². The molecule has 0 aromatic heterocycles. The van der Waals surface area contributed by atoms with Crippen LogP contribution in [0.3, 0.4) is 0 Å². The molecule has 3 aliphatic heterocycles. The van der Waals surface area contributed by atoms with E-state index in [1.54, 1.807) is 6.92 Å². The Morgan fingerprint density at radius 2 is 1.70 bits per heavy atom. The maximum atomic E-state index is 13.3. The van der Waals surface area contributed by atoms with E-state index in [0.29, 0.717) is 25.9 Å². The molecule has 5 rings (SSSR count). The fourth-order valence-corrected chi connectivity index (χ4v) is 8.64. The number of carbonyl (C=O) groups excluding carboxylic acids is 4. The lowest BCUT2D eigenvalue weighted by molar-refractivity contribution is -0.314. The second-order valence-corrected chi connectivity index (χ2v) is 13.5. The fourth-order valence-electron chi connectivity index (χ4n) is 8.64. The zero-order valence-electron chi connectivity index (χ0n) is 26.2. The van der Waals surface area contributed by atoms with Crippen LogP contribution in [0.25, 0.3) is 0 Å². The minimum atomic E-state index is -1.43. The Kier molecular flexibility index (Phi) is 8.65. The van der Waals surface area contributed by atoms with Crippen molar-refractivity contribution in [1.29, 1.82) is 0 Å². The SMILES string of the molecule is CCC(C)C(=O)O[C@H]1[C@H](OC(C)=O)[C@@H](O)[C@@H]2[C@@](C)(C3C[C@H]4CCO[C@H]4O3)[C@H](C)C[C@H](OC(C)=O)[C@@]2(COC(C)=O)[C@@]12CO2. The van der Waals surface area contributed by atoms with E-state index >= 15 is 0 Å². The van der Waals surface area contributed by atoms with Crippen molar-refractivity contribution in [2.24, 2.45) is 34.5 Å². The van der Waals surface area contributed by atoms with Crippen molar-refractivity contribution < 1.29 is 57.4 Å². The van der Waals surface area contributed by atoms with Gasteiger partial charge in [-0.3, -0.25) is 19.2 Å². The third-order valence-electron chi connectivity index (χ3n) is 11.2. The molecule has 0 aromatic rings. The summed E-state index contributed by atoms with van der Waals surface area (Å²) in [7, 11) is 0. The minimum absolute atomic E-state index is 0.0375. The van der Waals surface area contributed by atoms with Crippen molar-refractivity contribution in [3.05, 3.63) is 0 Å². The monoisotopic (exact) mass is 610 g/mol. The molecular weight excluding hydrogens is 564 g/mol. The molecular formula is C31H46O12. The van der Waals surface area contributed by atoms with Gasteiger partial charge in [-0.2, -0.15) is 0 Å². The highest BCUT2D eigenvalue weighted by molar-refractivity contribution is 5.73. The van der Waals surface area contributed by atoms with E-state index < -0.39 is 76.6 Å². The number of esters is 4. The third-order valence-corrected chi connectivity index (χ3v) is 11.2. The third kappa shape index (κ3) is 5.06. The standard InChI is InChI=1S/C31H46O12/c1-8-15(2)27(36)43-26-24(41-19(6)34)23(35)25-29(7,21-12-20-9-10-37-28(20)42-21)16(3)11-22(40-18(5)33)30(25,13-38-17(4)32)31(26)14-39-31/h15-16,20-26,28,35H,8-14H2,1-7H3/t15?,16-,20-,21?,22+,23-,24-,25-,26+,28+,29-,30-,31-/m1/s1. The summed E-state index contributed by atoms with van der Waals surface area (Å²) in [5, 5.41) is 12.5. The van der Waals surface area contributed by atoms with E-state index in [-0.39, 0.29) is 37.4 Å². The van der Waals surface area contributed by atoms with Gasteiger partial charge in [0.05, 0.1) is 36.8 Å². The number of carbonyl (C=O) groups is 4. The zero-order chi connectivity index (χ0) is 31.5. The highest BCUT2D eigenvalue weighted by Gasteiger charge is 2.84. The van der Waals surface area contributed by atoms with Crippen LogP contribution in [0.5, 0.6) is 0 Å². The molecule has 5 fully saturated rings. The lowest BCUT2D eigenvalue weighted by atomic mass is 9.40. The molecule has 3 heterocycles. The van der Waals surface area contributed by atoms with Crippen molar-refractivity contribution in [1.82, 2.24) is 0 Å². The average molecular weight is 611 g/mol. The lowest BCUT2D eigenvalue weighted by Crippen LogP contribution is -2.79. The molecule has 1 N–H and O–H groups in total. The molecule has 2 saturated carbocycles. The second kappa shape index (κ2) is 11.6. The molecule has 3 saturated heterocycles. The normalized spacial score (nSPS) is 45.4. The Bertz CT molecular complexity index is 1110. The predicted octanol–water partition coefficient (Wildman–Crippen LogP) is 2.31. The first-order valence-electron chi connectivity index (χ1n) is 15.5. The summed E-state index contributed by atoms with van der Waals surface area (Å²) >= 11 is 0. The van der Waals surface area contributed by atoms with Gasteiger partial charge in [0.15, 0.2) is 18.5 Å².